The molecule has 11 heteroatoms. The molecule has 1 aliphatic rings. The molecule has 0 spiro atoms. The Labute approximate surface area is 169 Å². The van der Waals surface area contributed by atoms with Crippen LogP contribution in [0, 0.1) is 11.3 Å². The van der Waals surface area contributed by atoms with Crippen LogP contribution in [0.15, 0.2) is 24.4 Å². The lowest BCUT2D eigenvalue weighted by Gasteiger charge is -2.24. The van der Waals surface area contributed by atoms with E-state index in [2.05, 4.69) is 36.4 Å². The Morgan fingerprint density at radius 2 is 2.29 bits per heavy atom. The van der Waals surface area contributed by atoms with Gasteiger partial charge in [-0.3, -0.25) is 4.79 Å². The Balaban J connectivity index is 0.00000280. The number of nitrogens with zero attached hydrogens (tertiary/aromatic N) is 4. The molecule has 1 saturated heterocycles. The highest BCUT2D eigenvalue weighted by atomic mass is 32.1. The molecule has 0 aromatic carbocycles. The fourth-order valence-corrected chi connectivity index (χ4v) is 2.53. The molecule has 0 saturated carbocycles. The van der Waals surface area contributed by atoms with E-state index in [4.69, 9.17) is 10.00 Å². The van der Waals surface area contributed by atoms with Gasteiger partial charge in [-0.05, 0) is 12.1 Å². The third-order valence-electron chi connectivity index (χ3n) is 3.91. The maximum absolute atomic E-state index is 12.1. The number of rotatable bonds is 6. The Hall–Kier alpha value is -2.94. The number of aromatic nitrogens is 3. The highest BCUT2D eigenvalue weighted by Gasteiger charge is 2.17. The number of hydrogen-bond acceptors (Lipinski definition) is 9. The summed E-state index contributed by atoms with van der Waals surface area (Å²) >= 11 is 0. The van der Waals surface area contributed by atoms with Gasteiger partial charge < -0.3 is 26.0 Å². The molecule has 148 valence electrons. The van der Waals surface area contributed by atoms with Crippen LogP contribution in [0.25, 0.3) is 0 Å². The second kappa shape index (κ2) is 10.4. The lowest BCUT2D eigenvalue weighted by molar-refractivity contribution is 0.0372. The summed E-state index contributed by atoms with van der Waals surface area (Å²) in [6.45, 7) is 2.76. The minimum Gasteiger partial charge on any atom is -0.380 e. The molecule has 0 unspecified atom stereocenters. The van der Waals surface area contributed by atoms with Gasteiger partial charge in [-0.25, -0.2) is 4.98 Å². The van der Waals surface area contributed by atoms with E-state index in [1.165, 1.54) is 13.2 Å². The van der Waals surface area contributed by atoms with E-state index in [9.17, 15) is 4.79 Å². The lowest BCUT2D eigenvalue weighted by atomic mass is 10.2. The van der Waals surface area contributed by atoms with Gasteiger partial charge in [0.25, 0.3) is 5.91 Å². The molecule has 3 rings (SSSR count). The van der Waals surface area contributed by atoms with E-state index < -0.39 is 0 Å². The number of nitrogens with one attached hydrogen (secondary N) is 4. The first-order chi connectivity index (χ1) is 13.2. The van der Waals surface area contributed by atoms with Gasteiger partial charge in [0, 0.05) is 32.7 Å². The van der Waals surface area contributed by atoms with E-state index >= 15 is 0 Å². The lowest BCUT2D eigenvalue weighted by Crippen LogP contribution is -2.42. The number of pyridine rings is 1. The predicted octanol–water partition coefficient (Wildman–Crippen LogP) is 0.360. The van der Waals surface area contributed by atoms with Gasteiger partial charge in [0.05, 0.1) is 30.3 Å². The van der Waals surface area contributed by atoms with Crippen LogP contribution in [0.4, 0.5) is 17.2 Å². The van der Waals surface area contributed by atoms with Crippen LogP contribution in [0.5, 0.6) is 0 Å². The fraction of sp³-hybridized carbons (Fsp3) is 0.353. The van der Waals surface area contributed by atoms with Gasteiger partial charge in [0.1, 0.15) is 11.8 Å². The standard InChI is InChI=1S/C17H20N8O2.H2S/c1-19-17(26)16-14(22-10-13-9-20-4-5-27-13)6-15(24-25-16)23-12-3-2-11(7-18)21-8-12;/h2-3,6,8,13,20H,4-5,9-10H2,1H3,(H,19,26)(H2,22,23,24);1H2/t13-;/m0./s1. The van der Waals surface area contributed by atoms with Gasteiger partial charge in [-0.2, -0.15) is 18.8 Å². The third-order valence-corrected chi connectivity index (χ3v) is 3.91. The van der Waals surface area contributed by atoms with Crippen LogP contribution in [0.3, 0.4) is 0 Å². The molecule has 4 N–H and O–H groups in total. The molecule has 1 fully saturated rings. The number of amides is 1. The van der Waals surface area contributed by atoms with Crippen LogP contribution < -0.4 is 21.3 Å². The maximum atomic E-state index is 12.1. The van der Waals surface area contributed by atoms with Gasteiger partial charge >= 0.3 is 0 Å². The Morgan fingerprint density at radius 1 is 1.43 bits per heavy atom. The van der Waals surface area contributed by atoms with Crippen LogP contribution in [0.1, 0.15) is 16.2 Å². The Bertz CT molecular complexity index is 834. The molecule has 2 aromatic rings. The summed E-state index contributed by atoms with van der Waals surface area (Å²) in [5.41, 5.74) is 1.72. The van der Waals surface area contributed by atoms with E-state index in [1.807, 2.05) is 6.07 Å². The molecule has 1 aliphatic heterocycles. The summed E-state index contributed by atoms with van der Waals surface area (Å²) in [5.74, 6) is 0.110. The first kappa shape index (κ1) is 21.4. The number of hydrogen-bond donors (Lipinski definition) is 4. The Kier molecular flexibility index (Phi) is 7.94. The molecular formula is C17H22N8O2S. The monoisotopic (exact) mass is 402 g/mol. The first-order valence-corrected chi connectivity index (χ1v) is 8.48. The average Bonchev–Trinajstić information content (AvgIpc) is 2.73. The number of ether oxygens (including phenoxy) is 1. The first-order valence-electron chi connectivity index (χ1n) is 8.48. The van der Waals surface area contributed by atoms with Crippen LogP contribution in [0.2, 0.25) is 0 Å². The van der Waals surface area contributed by atoms with Crippen molar-refractivity contribution in [1.29, 1.82) is 5.26 Å². The van der Waals surface area contributed by atoms with Crippen LogP contribution >= 0.6 is 13.5 Å². The molecule has 1 atom stereocenters. The van der Waals surface area contributed by atoms with Crippen molar-refractivity contribution in [2.45, 2.75) is 6.10 Å². The molecule has 2 aromatic heterocycles. The summed E-state index contributed by atoms with van der Waals surface area (Å²) < 4.78 is 5.66. The normalized spacial score (nSPS) is 15.6. The smallest absolute Gasteiger partial charge is 0.273 e. The third kappa shape index (κ3) is 5.53. The SMILES string of the molecule is CNC(=O)c1nnc(Nc2ccc(C#N)nc2)cc1NC[C@@H]1CNCCO1.S. The van der Waals surface area contributed by atoms with Gasteiger partial charge in [0.15, 0.2) is 11.5 Å². The molecule has 28 heavy (non-hydrogen) atoms. The fourth-order valence-electron chi connectivity index (χ4n) is 2.53. The van der Waals surface area contributed by atoms with Crippen molar-refractivity contribution in [3.63, 3.8) is 0 Å². The largest absolute Gasteiger partial charge is 0.380 e. The highest BCUT2D eigenvalue weighted by molar-refractivity contribution is 7.59. The van der Waals surface area contributed by atoms with E-state index in [0.29, 0.717) is 36.0 Å². The molecule has 10 nitrogen and oxygen atoms in total. The summed E-state index contributed by atoms with van der Waals surface area (Å²) in [6.07, 6.45) is 1.53. The predicted molar refractivity (Wildman–Crippen MR) is 109 cm³/mol. The molecule has 0 radical (unpaired) electrons. The zero-order chi connectivity index (χ0) is 19.1. The van der Waals surface area contributed by atoms with Crippen LogP contribution in [-0.4, -0.2) is 60.5 Å². The van der Waals surface area contributed by atoms with E-state index in [0.717, 1.165) is 13.1 Å². The van der Waals surface area contributed by atoms with Crippen molar-refractivity contribution in [3.8, 4) is 6.07 Å². The van der Waals surface area contributed by atoms with Crippen molar-refractivity contribution in [1.82, 2.24) is 25.8 Å². The zero-order valence-electron chi connectivity index (χ0n) is 15.3. The number of morpholine rings is 1. The second-order valence-corrected chi connectivity index (χ2v) is 5.82. The van der Waals surface area contributed by atoms with Crippen molar-refractivity contribution in [3.05, 3.63) is 35.8 Å². The number of nitriles is 1. The maximum Gasteiger partial charge on any atom is 0.273 e. The van der Waals surface area contributed by atoms with Gasteiger partial charge in [-0.15, -0.1) is 10.2 Å². The summed E-state index contributed by atoms with van der Waals surface area (Å²) in [5, 5.41) is 29.0. The van der Waals surface area contributed by atoms with E-state index in [1.54, 1.807) is 18.2 Å². The van der Waals surface area contributed by atoms with Crippen LogP contribution in [-0.2, 0) is 4.74 Å². The van der Waals surface area contributed by atoms with Crippen molar-refractivity contribution in [2.24, 2.45) is 0 Å². The summed E-state index contributed by atoms with van der Waals surface area (Å²) in [6, 6.07) is 6.98. The highest BCUT2D eigenvalue weighted by Crippen LogP contribution is 2.20. The number of carbonyl (C=O) groups is 1. The quantitative estimate of drug-likeness (QED) is 0.540. The second-order valence-electron chi connectivity index (χ2n) is 5.82. The molecule has 0 bridgehead atoms. The summed E-state index contributed by atoms with van der Waals surface area (Å²) in [7, 11) is 1.54. The molecular weight excluding hydrogens is 380 g/mol. The molecule has 3 heterocycles. The van der Waals surface area contributed by atoms with Crippen molar-refractivity contribution in [2.75, 3.05) is 43.9 Å². The van der Waals surface area contributed by atoms with Gasteiger partial charge in [-0.1, -0.05) is 0 Å². The molecule has 0 aliphatic carbocycles. The minimum absolute atomic E-state index is 0. The van der Waals surface area contributed by atoms with Crippen molar-refractivity contribution < 1.29 is 9.53 Å². The molecule has 1 amide bonds. The zero-order valence-corrected chi connectivity index (χ0v) is 16.3. The Morgan fingerprint density at radius 3 is 2.93 bits per heavy atom. The average molecular weight is 402 g/mol. The number of anilines is 3. The van der Waals surface area contributed by atoms with Crippen molar-refractivity contribution >= 4 is 36.6 Å². The van der Waals surface area contributed by atoms with Gasteiger partial charge in [0.2, 0.25) is 0 Å². The topological polar surface area (TPSA) is 137 Å². The minimum atomic E-state index is -0.334. The summed E-state index contributed by atoms with van der Waals surface area (Å²) in [4.78, 5) is 16.1. The number of carbonyl (C=O) groups excluding carboxylic acids is 1. The van der Waals surface area contributed by atoms with E-state index in [-0.39, 0.29) is 31.2 Å².